The molecular weight excluding hydrogens is 667 g/mol. The minimum Gasteiger partial charge on any atom is -0.311 e. The van der Waals surface area contributed by atoms with Gasteiger partial charge in [0, 0.05) is 49.7 Å². The van der Waals surface area contributed by atoms with E-state index in [1.807, 2.05) is 0 Å². The highest BCUT2D eigenvalue weighted by molar-refractivity contribution is 6.13. The summed E-state index contributed by atoms with van der Waals surface area (Å²) in [5, 5.41) is 7.48. The van der Waals surface area contributed by atoms with Crippen LogP contribution in [0.5, 0.6) is 0 Å². The second kappa shape index (κ2) is 12.6. The summed E-state index contributed by atoms with van der Waals surface area (Å²) < 4.78 is 4.83. The zero-order chi connectivity index (χ0) is 36.3. The molecule has 0 saturated heterocycles. The third kappa shape index (κ3) is 5.05. The highest BCUT2D eigenvalue weighted by Gasteiger charge is 2.18. The van der Waals surface area contributed by atoms with Crippen molar-refractivity contribution in [2.24, 2.45) is 0 Å². The van der Waals surface area contributed by atoms with Gasteiger partial charge in [-0.15, -0.1) is 0 Å². The van der Waals surface area contributed by atoms with Gasteiger partial charge < -0.3 is 14.0 Å². The minimum atomic E-state index is 1.11. The van der Waals surface area contributed by atoms with E-state index in [1.54, 1.807) is 0 Å². The average molecular weight is 702 g/mol. The van der Waals surface area contributed by atoms with Gasteiger partial charge in [-0.1, -0.05) is 121 Å². The Labute approximate surface area is 319 Å². The van der Waals surface area contributed by atoms with Crippen LogP contribution in [0.2, 0.25) is 0 Å². The van der Waals surface area contributed by atoms with E-state index in [-0.39, 0.29) is 0 Å². The number of benzene rings is 9. The Hall–Kier alpha value is -7.36. The first-order valence-electron chi connectivity index (χ1n) is 18.9. The highest BCUT2D eigenvalue weighted by atomic mass is 15.1. The van der Waals surface area contributed by atoms with Gasteiger partial charge in [-0.25, -0.2) is 0 Å². The molecule has 2 heterocycles. The maximum atomic E-state index is 2.43. The molecule has 0 aliphatic heterocycles. The van der Waals surface area contributed by atoms with Crippen LogP contribution in [0.15, 0.2) is 212 Å². The number of nitrogens with zero attached hydrogens (tertiary/aromatic N) is 3. The van der Waals surface area contributed by atoms with Crippen molar-refractivity contribution in [3.05, 3.63) is 212 Å². The molecule has 11 rings (SSSR count). The molecule has 3 heteroatoms. The van der Waals surface area contributed by atoms with Crippen molar-refractivity contribution in [1.82, 2.24) is 9.13 Å². The lowest BCUT2D eigenvalue weighted by Gasteiger charge is -2.25. The number of hydrogen-bond donors (Lipinski definition) is 0. The van der Waals surface area contributed by atoms with Crippen molar-refractivity contribution in [2.45, 2.75) is 0 Å². The van der Waals surface area contributed by atoms with Crippen LogP contribution in [0.4, 0.5) is 17.1 Å². The predicted molar refractivity (Wildman–Crippen MR) is 233 cm³/mol. The molecular formula is C52H35N3. The maximum absolute atomic E-state index is 2.43. The van der Waals surface area contributed by atoms with E-state index in [0.29, 0.717) is 0 Å². The standard InChI is InChI=1S/C52H35N3/c1-3-16-39(17-4-1)53(40-18-5-2-6-19-40)41-28-30-42(31-29-41)54-49-23-11-9-21-44(49)46-34-37(26-32-51(46)54)38-27-33-52-47(35-38)45-22-10-12-24-50(45)55(52)48-25-13-15-36-14-7-8-20-43(36)48/h1-35H. The van der Waals surface area contributed by atoms with E-state index in [2.05, 4.69) is 226 Å². The fourth-order valence-corrected chi connectivity index (χ4v) is 8.60. The molecule has 0 spiro atoms. The van der Waals surface area contributed by atoms with Crippen LogP contribution in [0.3, 0.4) is 0 Å². The molecule has 0 unspecified atom stereocenters. The first kappa shape index (κ1) is 31.2. The molecule has 2 aromatic heterocycles. The summed E-state index contributed by atoms with van der Waals surface area (Å²) in [7, 11) is 0. The van der Waals surface area contributed by atoms with Gasteiger partial charge in [-0.3, -0.25) is 0 Å². The molecule has 0 bridgehead atoms. The molecule has 0 amide bonds. The molecule has 0 aliphatic rings. The molecule has 3 nitrogen and oxygen atoms in total. The smallest absolute Gasteiger partial charge is 0.0541 e. The number of fused-ring (bicyclic) bond motifs is 7. The van der Waals surface area contributed by atoms with Gasteiger partial charge in [0.1, 0.15) is 0 Å². The van der Waals surface area contributed by atoms with Crippen molar-refractivity contribution in [2.75, 3.05) is 4.90 Å². The predicted octanol–water partition coefficient (Wildman–Crippen LogP) is 14.2. The number of para-hydroxylation sites is 4. The third-order valence-electron chi connectivity index (χ3n) is 11.1. The molecule has 55 heavy (non-hydrogen) atoms. The lowest BCUT2D eigenvalue weighted by Crippen LogP contribution is -2.09. The topological polar surface area (TPSA) is 13.1 Å². The quantitative estimate of drug-likeness (QED) is 0.168. The van der Waals surface area contributed by atoms with Crippen molar-refractivity contribution in [3.63, 3.8) is 0 Å². The van der Waals surface area contributed by atoms with Crippen molar-refractivity contribution < 1.29 is 0 Å². The van der Waals surface area contributed by atoms with Crippen LogP contribution in [-0.4, -0.2) is 9.13 Å². The van der Waals surface area contributed by atoms with E-state index in [1.165, 1.54) is 71.2 Å². The summed E-state index contributed by atoms with van der Waals surface area (Å²) in [5.74, 6) is 0. The SMILES string of the molecule is c1ccc(N(c2ccccc2)c2ccc(-n3c4ccccc4c4cc(-c5ccc6c(c5)c5ccccc5n6-c5cccc6ccccc56)ccc43)cc2)cc1. The Kier molecular flexibility index (Phi) is 7.17. The first-order valence-corrected chi connectivity index (χ1v) is 18.9. The van der Waals surface area contributed by atoms with Gasteiger partial charge >= 0.3 is 0 Å². The molecule has 0 fully saturated rings. The molecule has 0 aliphatic carbocycles. The maximum Gasteiger partial charge on any atom is 0.0541 e. The van der Waals surface area contributed by atoms with Crippen LogP contribution in [-0.2, 0) is 0 Å². The normalized spacial score (nSPS) is 11.6. The summed E-state index contributed by atoms with van der Waals surface area (Å²) in [6.07, 6.45) is 0. The molecule has 9 aromatic carbocycles. The first-order chi connectivity index (χ1) is 27.3. The van der Waals surface area contributed by atoms with Crippen LogP contribution in [0.25, 0.3) is 76.9 Å². The minimum absolute atomic E-state index is 1.11. The van der Waals surface area contributed by atoms with Gasteiger partial charge in [0.15, 0.2) is 0 Å². The third-order valence-corrected chi connectivity index (χ3v) is 11.1. The summed E-state index contributed by atoms with van der Waals surface area (Å²) >= 11 is 0. The zero-order valence-electron chi connectivity index (χ0n) is 30.0. The molecule has 11 aromatic rings. The lowest BCUT2D eigenvalue weighted by molar-refractivity contribution is 1.17. The molecule has 0 atom stereocenters. The largest absolute Gasteiger partial charge is 0.311 e. The van der Waals surface area contributed by atoms with E-state index in [0.717, 1.165) is 22.7 Å². The molecule has 0 radical (unpaired) electrons. The molecule has 0 N–H and O–H groups in total. The highest BCUT2D eigenvalue weighted by Crippen LogP contribution is 2.40. The van der Waals surface area contributed by atoms with Crippen LogP contribution >= 0.6 is 0 Å². The van der Waals surface area contributed by atoms with Crippen molar-refractivity contribution in [1.29, 1.82) is 0 Å². The number of hydrogen-bond acceptors (Lipinski definition) is 1. The Morgan fingerprint density at radius 1 is 0.291 bits per heavy atom. The van der Waals surface area contributed by atoms with Gasteiger partial charge in [0.2, 0.25) is 0 Å². The fraction of sp³-hybridized carbons (Fsp3) is 0. The van der Waals surface area contributed by atoms with Crippen LogP contribution in [0, 0.1) is 0 Å². The second-order valence-electron chi connectivity index (χ2n) is 14.2. The van der Waals surface area contributed by atoms with E-state index < -0.39 is 0 Å². The van der Waals surface area contributed by atoms with Gasteiger partial charge in [-0.05, 0) is 108 Å². The van der Waals surface area contributed by atoms with E-state index in [9.17, 15) is 0 Å². The van der Waals surface area contributed by atoms with Crippen molar-refractivity contribution >= 4 is 71.4 Å². The number of aromatic nitrogens is 2. The Morgan fingerprint density at radius 2 is 0.745 bits per heavy atom. The summed E-state index contributed by atoms with van der Waals surface area (Å²) in [6, 6.07) is 76.8. The Balaban J connectivity index is 1.03. The van der Waals surface area contributed by atoms with Crippen LogP contribution < -0.4 is 4.90 Å². The monoisotopic (exact) mass is 701 g/mol. The number of anilines is 3. The van der Waals surface area contributed by atoms with Crippen molar-refractivity contribution in [3.8, 4) is 22.5 Å². The zero-order valence-corrected chi connectivity index (χ0v) is 30.0. The van der Waals surface area contributed by atoms with Gasteiger partial charge in [-0.2, -0.15) is 0 Å². The summed E-state index contributed by atoms with van der Waals surface area (Å²) in [4.78, 5) is 2.30. The summed E-state index contributed by atoms with van der Waals surface area (Å²) in [6.45, 7) is 0. The second-order valence-corrected chi connectivity index (χ2v) is 14.2. The molecule has 258 valence electrons. The lowest BCUT2D eigenvalue weighted by atomic mass is 10.0. The summed E-state index contributed by atoms with van der Waals surface area (Å²) in [5.41, 5.74) is 12.9. The van der Waals surface area contributed by atoms with Crippen LogP contribution in [0.1, 0.15) is 0 Å². The Bertz CT molecular complexity index is 3150. The fourth-order valence-electron chi connectivity index (χ4n) is 8.60. The van der Waals surface area contributed by atoms with Gasteiger partial charge in [0.05, 0.1) is 27.8 Å². The average Bonchev–Trinajstić information content (AvgIpc) is 3.77. The van der Waals surface area contributed by atoms with Gasteiger partial charge in [0.25, 0.3) is 0 Å². The van der Waals surface area contributed by atoms with E-state index >= 15 is 0 Å². The molecule has 0 saturated carbocycles. The number of rotatable bonds is 6. The van der Waals surface area contributed by atoms with E-state index in [4.69, 9.17) is 0 Å². The Morgan fingerprint density at radius 3 is 1.36 bits per heavy atom.